The number of nitrogens with two attached hydrogens (primary N) is 1. The minimum atomic E-state index is -0.716. The van der Waals surface area contributed by atoms with E-state index in [2.05, 4.69) is 10.3 Å². The molecule has 1 atom stereocenters. The molecule has 5 N–H and O–H groups in total. The van der Waals surface area contributed by atoms with Gasteiger partial charge in [-0.1, -0.05) is 12.1 Å². The van der Waals surface area contributed by atoms with Gasteiger partial charge in [-0.15, -0.1) is 0 Å². The highest BCUT2D eigenvalue weighted by molar-refractivity contribution is 6.11. The molecule has 6 nitrogen and oxygen atoms in total. The Hall–Kier alpha value is -3.91. The SMILES string of the molecule is N=C(C=C(N)c1c(F)cccc1C(=O)N[C@@H](CCO)Cc1ccccn1)c1ccc(F)cc1. The average Bonchev–Trinajstić information content (AvgIpc) is 2.80. The highest BCUT2D eigenvalue weighted by atomic mass is 19.1. The van der Waals surface area contributed by atoms with Crippen LogP contribution < -0.4 is 11.1 Å². The van der Waals surface area contributed by atoms with Gasteiger partial charge in [-0.2, -0.15) is 0 Å². The van der Waals surface area contributed by atoms with Gasteiger partial charge in [0.1, 0.15) is 11.6 Å². The standard InChI is InChI=1S/C25H24F2N4O2/c26-17-9-7-16(8-10-17)22(28)15-23(29)24-20(5-3-6-21(24)27)25(33)31-19(11-13-32)14-18-4-1-2-12-30-18/h1-10,12,15,19,28,32H,11,13-14,29H2,(H,31,33)/t19-/m0/s1. The third-order valence-electron chi connectivity index (χ3n) is 5.00. The third-order valence-corrected chi connectivity index (χ3v) is 5.00. The number of allylic oxidation sites excluding steroid dienone is 1. The molecule has 0 spiro atoms. The van der Waals surface area contributed by atoms with Gasteiger partial charge in [0, 0.05) is 42.2 Å². The van der Waals surface area contributed by atoms with Crippen LogP contribution in [-0.2, 0) is 6.42 Å². The van der Waals surface area contributed by atoms with Gasteiger partial charge in [0.2, 0.25) is 0 Å². The fraction of sp³-hybridized carbons (Fsp3) is 0.160. The van der Waals surface area contributed by atoms with Crippen molar-refractivity contribution in [1.82, 2.24) is 10.3 Å². The van der Waals surface area contributed by atoms with Crippen LogP contribution in [0.25, 0.3) is 5.70 Å². The molecule has 0 aliphatic heterocycles. The number of benzene rings is 2. The molecule has 0 unspecified atom stereocenters. The van der Waals surface area contributed by atoms with Gasteiger partial charge in [0.25, 0.3) is 5.91 Å². The van der Waals surface area contributed by atoms with Crippen molar-refractivity contribution in [3.63, 3.8) is 0 Å². The molecule has 0 bridgehead atoms. The van der Waals surface area contributed by atoms with Gasteiger partial charge in [-0.3, -0.25) is 9.78 Å². The molecule has 0 saturated heterocycles. The van der Waals surface area contributed by atoms with Crippen LogP contribution in [-0.4, -0.2) is 34.4 Å². The van der Waals surface area contributed by atoms with E-state index in [9.17, 15) is 18.7 Å². The Morgan fingerprint density at radius 1 is 1.12 bits per heavy atom. The smallest absolute Gasteiger partial charge is 0.252 e. The first kappa shape index (κ1) is 23.7. The number of rotatable bonds is 9. The zero-order chi connectivity index (χ0) is 23.8. The second-order valence-electron chi connectivity index (χ2n) is 7.39. The minimum Gasteiger partial charge on any atom is -0.398 e. The van der Waals surface area contributed by atoms with Crippen LogP contribution in [0.2, 0.25) is 0 Å². The van der Waals surface area contributed by atoms with E-state index in [0.717, 1.165) is 5.69 Å². The van der Waals surface area contributed by atoms with Crippen LogP contribution >= 0.6 is 0 Å². The molecule has 0 saturated carbocycles. The summed E-state index contributed by atoms with van der Waals surface area (Å²) < 4.78 is 27.9. The maximum atomic E-state index is 14.7. The first-order valence-electron chi connectivity index (χ1n) is 10.3. The molecule has 0 aliphatic carbocycles. The third kappa shape index (κ3) is 6.30. The molecular weight excluding hydrogens is 426 g/mol. The molecule has 0 radical (unpaired) electrons. The maximum absolute atomic E-state index is 14.7. The summed E-state index contributed by atoms with van der Waals surface area (Å²) in [5, 5.41) is 20.4. The molecular formula is C25H24F2N4O2. The number of hydrogen-bond acceptors (Lipinski definition) is 5. The molecule has 1 amide bonds. The topological polar surface area (TPSA) is 112 Å². The van der Waals surface area contributed by atoms with Gasteiger partial charge in [0.05, 0.1) is 11.3 Å². The molecule has 8 heteroatoms. The zero-order valence-electron chi connectivity index (χ0n) is 17.8. The summed E-state index contributed by atoms with van der Waals surface area (Å²) in [5.41, 5.74) is 6.91. The Morgan fingerprint density at radius 3 is 2.55 bits per heavy atom. The van der Waals surface area contributed by atoms with Crippen LogP contribution in [0.4, 0.5) is 8.78 Å². The molecule has 170 valence electrons. The number of aromatic nitrogens is 1. The van der Waals surface area contributed by atoms with E-state index < -0.39 is 23.6 Å². The maximum Gasteiger partial charge on any atom is 0.252 e. The minimum absolute atomic E-state index is 0.000355. The largest absolute Gasteiger partial charge is 0.398 e. The van der Waals surface area contributed by atoms with E-state index in [1.165, 1.54) is 48.5 Å². The van der Waals surface area contributed by atoms with E-state index in [4.69, 9.17) is 11.1 Å². The summed E-state index contributed by atoms with van der Waals surface area (Å²) in [4.78, 5) is 17.3. The molecule has 0 aliphatic rings. The molecule has 3 aromatic rings. The first-order chi connectivity index (χ1) is 15.9. The van der Waals surface area contributed by atoms with Crippen LogP contribution in [0.15, 0.2) is 72.9 Å². The molecule has 0 fully saturated rings. The van der Waals surface area contributed by atoms with Crippen molar-refractivity contribution in [2.24, 2.45) is 5.73 Å². The normalized spacial score (nSPS) is 12.3. The second-order valence-corrected chi connectivity index (χ2v) is 7.39. The van der Waals surface area contributed by atoms with Gasteiger partial charge >= 0.3 is 0 Å². The summed E-state index contributed by atoms with van der Waals surface area (Å²) >= 11 is 0. The summed E-state index contributed by atoms with van der Waals surface area (Å²) in [6.45, 7) is -0.148. The number of pyridine rings is 1. The van der Waals surface area contributed by atoms with Crippen LogP contribution in [0.5, 0.6) is 0 Å². The lowest BCUT2D eigenvalue weighted by Crippen LogP contribution is -2.38. The Morgan fingerprint density at radius 2 is 1.88 bits per heavy atom. The Kier molecular flexibility index (Phi) is 7.99. The summed E-state index contributed by atoms with van der Waals surface area (Å²) in [7, 11) is 0. The number of nitrogens with one attached hydrogen (secondary N) is 2. The number of carbonyl (C=O) groups is 1. The number of carbonyl (C=O) groups excluding carboxylic acids is 1. The lowest BCUT2D eigenvalue weighted by molar-refractivity contribution is 0.0929. The van der Waals surface area contributed by atoms with Crippen LogP contribution in [0, 0.1) is 17.0 Å². The lowest BCUT2D eigenvalue weighted by Gasteiger charge is -2.19. The van der Waals surface area contributed by atoms with Gasteiger partial charge in [-0.25, -0.2) is 8.78 Å². The van der Waals surface area contributed by atoms with Gasteiger partial charge < -0.3 is 21.6 Å². The number of aliphatic hydroxyl groups excluding tert-OH is 1. The Bertz CT molecular complexity index is 1150. The number of amides is 1. The first-order valence-corrected chi connectivity index (χ1v) is 10.3. The molecule has 1 aromatic heterocycles. The Balaban J connectivity index is 1.86. The monoisotopic (exact) mass is 450 g/mol. The molecule has 1 heterocycles. The summed E-state index contributed by atoms with van der Waals surface area (Å²) in [6.07, 6.45) is 3.53. The van der Waals surface area contributed by atoms with E-state index in [1.807, 2.05) is 12.1 Å². The van der Waals surface area contributed by atoms with Crippen LogP contribution in [0.1, 0.15) is 33.6 Å². The quantitative estimate of drug-likeness (QED) is 0.374. The van der Waals surface area contributed by atoms with E-state index in [1.54, 1.807) is 12.3 Å². The van der Waals surface area contributed by atoms with Crippen molar-refractivity contribution >= 4 is 17.3 Å². The molecule has 2 aromatic carbocycles. The van der Waals surface area contributed by atoms with Crippen molar-refractivity contribution in [3.8, 4) is 0 Å². The van der Waals surface area contributed by atoms with Crippen molar-refractivity contribution in [1.29, 1.82) is 5.41 Å². The fourth-order valence-electron chi connectivity index (χ4n) is 3.36. The average molecular weight is 450 g/mol. The van der Waals surface area contributed by atoms with Gasteiger partial charge in [-0.05, 0) is 66.6 Å². The Labute approximate surface area is 190 Å². The number of hydrogen-bond donors (Lipinski definition) is 4. The zero-order valence-corrected chi connectivity index (χ0v) is 17.8. The number of aliphatic hydroxyl groups is 1. The van der Waals surface area contributed by atoms with Crippen LogP contribution in [0.3, 0.4) is 0 Å². The van der Waals surface area contributed by atoms with Gasteiger partial charge in [0.15, 0.2) is 0 Å². The van der Waals surface area contributed by atoms with Crippen molar-refractivity contribution < 1.29 is 18.7 Å². The van der Waals surface area contributed by atoms with E-state index in [-0.39, 0.29) is 35.6 Å². The van der Waals surface area contributed by atoms with E-state index in [0.29, 0.717) is 12.0 Å². The lowest BCUT2D eigenvalue weighted by atomic mass is 9.99. The summed E-state index contributed by atoms with van der Waals surface area (Å²) in [6, 6.07) is 14.2. The van der Waals surface area contributed by atoms with Crippen molar-refractivity contribution in [3.05, 3.63) is 107 Å². The highest BCUT2D eigenvalue weighted by Crippen LogP contribution is 2.21. The second kappa shape index (κ2) is 11.1. The van der Waals surface area contributed by atoms with Crippen molar-refractivity contribution in [2.75, 3.05) is 6.61 Å². The fourth-order valence-corrected chi connectivity index (χ4v) is 3.36. The number of halogens is 2. The van der Waals surface area contributed by atoms with Crippen molar-refractivity contribution in [2.45, 2.75) is 18.9 Å². The number of nitrogens with zero attached hydrogens (tertiary/aromatic N) is 1. The van der Waals surface area contributed by atoms with E-state index >= 15 is 0 Å². The molecule has 3 rings (SSSR count). The predicted molar refractivity (Wildman–Crippen MR) is 123 cm³/mol. The molecule has 33 heavy (non-hydrogen) atoms. The summed E-state index contributed by atoms with van der Waals surface area (Å²) in [5.74, 6) is -1.73. The highest BCUT2D eigenvalue weighted by Gasteiger charge is 2.21. The predicted octanol–water partition coefficient (Wildman–Crippen LogP) is 3.45.